The second-order valence-corrected chi connectivity index (χ2v) is 3.06. The third-order valence-corrected chi connectivity index (χ3v) is 2.07. The van der Waals surface area contributed by atoms with Gasteiger partial charge in [-0.1, -0.05) is 36.8 Å². The fraction of sp³-hybridized carbons (Fsp3) is 0.364. The summed E-state index contributed by atoms with van der Waals surface area (Å²) in [5.41, 5.74) is 2.35. The van der Waals surface area contributed by atoms with Crippen LogP contribution in [0.5, 0.6) is 0 Å². The van der Waals surface area contributed by atoms with Crippen LogP contribution in [-0.2, 0) is 4.79 Å². The van der Waals surface area contributed by atoms with E-state index >= 15 is 0 Å². The van der Waals surface area contributed by atoms with Crippen LogP contribution in [0.25, 0.3) is 0 Å². The third-order valence-electron chi connectivity index (χ3n) is 2.07. The molecule has 0 amide bonds. The lowest BCUT2D eigenvalue weighted by atomic mass is 9.97. The van der Waals surface area contributed by atoms with Crippen molar-refractivity contribution in [3.8, 4) is 0 Å². The molecule has 0 bridgehead atoms. The second kappa shape index (κ2) is 4.05. The maximum atomic E-state index is 10.6. The molecule has 0 saturated heterocycles. The van der Waals surface area contributed by atoms with Crippen molar-refractivity contribution < 1.29 is 4.79 Å². The molecule has 0 aliphatic heterocycles. The molecule has 0 aliphatic carbocycles. The van der Waals surface area contributed by atoms with E-state index in [1.54, 1.807) is 0 Å². The Kier molecular flexibility index (Phi) is 3.03. The Hall–Kier alpha value is -1.11. The lowest BCUT2D eigenvalue weighted by Gasteiger charge is -2.07. The predicted molar refractivity (Wildman–Crippen MR) is 50.3 cm³/mol. The Labute approximate surface area is 73.4 Å². The van der Waals surface area contributed by atoms with Gasteiger partial charge in [0.2, 0.25) is 0 Å². The van der Waals surface area contributed by atoms with Crippen LogP contribution in [0.2, 0.25) is 0 Å². The molecule has 0 aromatic heterocycles. The van der Waals surface area contributed by atoms with E-state index in [2.05, 4.69) is 6.07 Å². The van der Waals surface area contributed by atoms with Crippen molar-refractivity contribution in [2.75, 3.05) is 0 Å². The van der Waals surface area contributed by atoms with Crippen molar-refractivity contribution in [1.82, 2.24) is 0 Å². The van der Waals surface area contributed by atoms with E-state index < -0.39 is 0 Å². The first-order valence-electron chi connectivity index (χ1n) is 4.29. The highest BCUT2D eigenvalue weighted by Gasteiger charge is 2.06. The number of hydrogen-bond donors (Lipinski definition) is 0. The lowest BCUT2D eigenvalue weighted by Crippen LogP contribution is -1.98. The van der Waals surface area contributed by atoms with Crippen LogP contribution < -0.4 is 0 Å². The highest BCUT2D eigenvalue weighted by atomic mass is 16.1. The molecule has 0 aliphatic rings. The number of carbonyl (C=O) groups excluding carboxylic acids is 1. The van der Waals surface area contributed by atoms with Crippen LogP contribution >= 0.6 is 0 Å². The van der Waals surface area contributed by atoms with Gasteiger partial charge < -0.3 is 4.79 Å². The fourth-order valence-electron chi connectivity index (χ4n) is 1.31. The minimum absolute atomic E-state index is 0.0740. The highest BCUT2D eigenvalue weighted by Crippen LogP contribution is 2.17. The van der Waals surface area contributed by atoms with Crippen LogP contribution in [0.3, 0.4) is 0 Å². The molecular weight excluding hydrogens is 148 g/mol. The van der Waals surface area contributed by atoms with Crippen molar-refractivity contribution in [2.45, 2.75) is 26.2 Å². The summed E-state index contributed by atoms with van der Waals surface area (Å²) in [5, 5.41) is 0. The van der Waals surface area contributed by atoms with Gasteiger partial charge in [0.25, 0.3) is 0 Å². The molecule has 0 N–H and O–H groups in total. The first-order valence-corrected chi connectivity index (χ1v) is 4.29. The van der Waals surface area contributed by atoms with Crippen LogP contribution in [0, 0.1) is 6.92 Å². The van der Waals surface area contributed by atoms with Gasteiger partial charge in [-0.25, -0.2) is 0 Å². The average molecular weight is 162 g/mol. The minimum atomic E-state index is 0.0740. The van der Waals surface area contributed by atoms with Crippen molar-refractivity contribution in [3.05, 3.63) is 35.4 Å². The largest absolute Gasteiger partial charge is 0.303 e. The van der Waals surface area contributed by atoms with Gasteiger partial charge in [-0.05, 0) is 18.9 Å². The van der Waals surface area contributed by atoms with E-state index in [-0.39, 0.29) is 5.92 Å². The van der Waals surface area contributed by atoms with E-state index in [1.165, 1.54) is 5.56 Å². The van der Waals surface area contributed by atoms with Crippen LogP contribution in [0.1, 0.15) is 30.4 Å². The SMILES string of the molecule is CCC(C=O)c1cccc(C)c1. The van der Waals surface area contributed by atoms with E-state index in [0.717, 1.165) is 18.3 Å². The second-order valence-electron chi connectivity index (χ2n) is 3.06. The zero-order valence-corrected chi connectivity index (χ0v) is 7.58. The van der Waals surface area contributed by atoms with Gasteiger partial charge in [0.1, 0.15) is 6.29 Å². The summed E-state index contributed by atoms with van der Waals surface area (Å²) in [6.45, 7) is 4.07. The molecule has 64 valence electrons. The Morgan fingerprint density at radius 1 is 1.50 bits per heavy atom. The number of carbonyl (C=O) groups is 1. The predicted octanol–water partition coefficient (Wildman–Crippen LogP) is 2.69. The number of rotatable bonds is 3. The highest BCUT2D eigenvalue weighted by molar-refractivity contribution is 5.62. The Balaban J connectivity index is 2.93. The van der Waals surface area contributed by atoms with Gasteiger partial charge in [-0.2, -0.15) is 0 Å². The van der Waals surface area contributed by atoms with Gasteiger partial charge in [0, 0.05) is 5.92 Å². The summed E-state index contributed by atoms with van der Waals surface area (Å²) in [4.78, 5) is 10.6. The summed E-state index contributed by atoms with van der Waals surface area (Å²) >= 11 is 0. The van der Waals surface area contributed by atoms with Crippen molar-refractivity contribution >= 4 is 6.29 Å². The third kappa shape index (κ3) is 1.94. The van der Waals surface area contributed by atoms with E-state index in [1.807, 2.05) is 32.0 Å². The molecule has 0 radical (unpaired) electrons. The van der Waals surface area contributed by atoms with Crippen molar-refractivity contribution in [1.29, 1.82) is 0 Å². The minimum Gasteiger partial charge on any atom is -0.303 e. The molecule has 1 nitrogen and oxygen atoms in total. The van der Waals surface area contributed by atoms with E-state index in [0.29, 0.717) is 0 Å². The Bertz CT molecular complexity index is 265. The van der Waals surface area contributed by atoms with Crippen LogP contribution in [0.4, 0.5) is 0 Å². The molecule has 0 spiro atoms. The van der Waals surface area contributed by atoms with Gasteiger partial charge in [0.15, 0.2) is 0 Å². The average Bonchev–Trinajstić information content (AvgIpc) is 2.07. The molecule has 0 saturated carbocycles. The summed E-state index contributed by atoms with van der Waals surface area (Å²) in [6.07, 6.45) is 1.90. The van der Waals surface area contributed by atoms with Crippen LogP contribution in [-0.4, -0.2) is 6.29 Å². The van der Waals surface area contributed by atoms with Gasteiger partial charge in [-0.15, -0.1) is 0 Å². The molecular formula is C11H14O. The fourth-order valence-corrected chi connectivity index (χ4v) is 1.31. The van der Waals surface area contributed by atoms with Crippen molar-refractivity contribution in [3.63, 3.8) is 0 Å². The molecule has 1 aromatic rings. The number of aldehydes is 1. The summed E-state index contributed by atoms with van der Waals surface area (Å²) < 4.78 is 0. The quantitative estimate of drug-likeness (QED) is 0.624. The zero-order chi connectivity index (χ0) is 8.97. The first kappa shape index (κ1) is 8.98. The topological polar surface area (TPSA) is 17.1 Å². The molecule has 1 heteroatoms. The van der Waals surface area contributed by atoms with Gasteiger partial charge in [-0.3, -0.25) is 0 Å². The Morgan fingerprint density at radius 2 is 2.25 bits per heavy atom. The van der Waals surface area contributed by atoms with E-state index in [9.17, 15) is 4.79 Å². The van der Waals surface area contributed by atoms with Crippen LogP contribution in [0.15, 0.2) is 24.3 Å². The standard InChI is InChI=1S/C11H14O/c1-3-10(8-12)11-6-4-5-9(2)7-11/h4-8,10H,3H2,1-2H3. The van der Waals surface area contributed by atoms with E-state index in [4.69, 9.17) is 0 Å². The maximum Gasteiger partial charge on any atom is 0.127 e. The van der Waals surface area contributed by atoms with Crippen molar-refractivity contribution in [2.24, 2.45) is 0 Å². The monoisotopic (exact) mass is 162 g/mol. The zero-order valence-electron chi connectivity index (χ0n) is 7.58. The summed E-state index contributed by atoms with van der Waals surface area (Å²) in [6, 6.07) is 8.12. The molecule has 0 heterocycles. The smallest absolute Gasteiger partial charge is 0.127 e. The molecule has 1 rings (SSSR count). The normalized spacial score (nSPS) is 12.5. The molecule has 1 aromatic carbocycles. The number of benzene rings is 1. The summed E-state index contributed by atoms with van der Waals surface area (Å²) in [5.74, 6) is 0.0740. The molecule has 1 atom stereocenters. The molecule has 0 fully saturated rings. The maximum absolute atomic E-state index is 10.6. The number of aryl methyl sites for hydroxylation is 1. The lowest BCUT2D eigenvalue weighted by molar-refractivity contribution is -0.109. The summed E-state index contributed by atoms with van der Waals surface area (Å²) in [7, 11) is 0. The molecule has 1 unspecified atom stereocenters. The Morgan fingerprint density at radius 3 is 2.75 bits per heavy atom. The van der Waals surface area contributed by atoms with Gasteiger partial charge in [0.05, 0.1) is 0 Å². The van der Waals surface area contributed by atoms with Gasteiger partial charge >= 0.3 is 0 Å². The number of hydrogen-bond acceptors (Lipinski definition) is 1. The first-order chi connectivity index (χ1) is 5.77. The molecule has 12 heavy (non-hydrogen) atoms.